The van der Waals surface area contributed by atoms with Crippen molar-refractivity contribution >= 4 is 0 Å². The second kappa shape index (κ2) is 7.18. The number of ether oxygens (including phenoxy) is 1. The third-order valence-corrected chi connectivity index (χ3v) is 3.44. The molecule has 112 valence electrons. The van der Waals surface area contributed by atoms with Gasteiger partial charge < -0.3 is 10.1 Å². The van der Waals surface area contributed by atoms with Crippen molar-refractivity contribution in [1.82, 2.24) is 10.3 Å². The zero-order valence-corrected chi connectivity index (χ0v) is 12.7. The Bertz CT molecular complexity index is 601. The number of rotatable bonds is 6. The number of aryl methyl sites for hydroxylation is 1. The van der Waals surface area contributed by atoms with E-state index in [9.17, 15) is 4.39 Å². The summed E-state index contributed by atoms with van der Waals surface area (Å²) in [4.78, 5) is 4.22. The molecule has 3 nitrogen and oxygen atoms in total. The van der Waals surface area contributed by atoms with Crippen LogP contribution >= 0.6 is 0 Å². The van der Waals surface area contributed by atoms with Gasteiger partial charge in [0, 0.05) is 6.20 Å². The van der Waals surface area contributed by atoms with Crippen molar-refractivity contribution in [2.75, 3.05) is 13.7 Å². The number of hydrogen-bond donors (Lipinski definition) is 1. The Labute approximate surface area is 125 Å². The first kappa shape index (κ1) is 15.4. The summed E-state index contributed by atoms with van der Waals surface area (Å²) in [6.45, 7) is 4.91. The zero-order valence-electron chi connectivity index (χ0n) is 12.7. The van der Waals surface area contributed by atoms with Crippen molar-refractivity contribution in [2.24, 2.45) is 0 Å². The normalized spacial score (nSPS) is 12.2. The van der Waals surface area contributed by atoms with Crippen LogP contribution in [0.1, 0.15) is 36.1 Å². The van der Waals surface area contributed by atoms with Crippen LogP contribution in [0.5, 0.6) is 5.75 Å². The lowest BCUT2D eigenvalue weighted by Gasteiger charge is -2.21. The van der Waals surface area contributed by atoms with Gasteiger partial charge in [0.1, 0.15) is 11.6 Å². The molecule has 0 aliphatic carbocycles. The SMILES string of the molecule is CCCNC(c1cncc(OC)c1)c1ccc(F)cc1C. The molecule has 1 unspecified atom stereocenters. The van der Waals surface area contributed by atoms with Crippen molar-refractivity contribution in [3.05, 3.63) is 59.2 Å². The summed E-state index contributed by atoms with van der Waals surface area (Å²) in [5.74, 6) is 0.504. The lowest BCUT2D eigenvalue weighted by molar-refractivity contribution is 0.411. The molecule has 0 aliphatic rings. The average molecular weight is 288 g/mol. The number of pyridine rings is 1. The molecule has 21 heavy (non-hydrogen) atoms. The predicted octanol–water partition coefficient (Wildman–Crippen LogP) is 3.63. The van der Waals surface area contributed by atoms with Gasteiger partial charge in [0.2, 0.25) is 0 Å². The number of aromatic nitrogens is 1. The van der Waals surface area contributed by atoms with Crippen molar-refractivity contribution in [3.63, 3.8) is 0 Å². The van der Waals surface area contributed by atoms with Crippen LogP contribution in [0.4, 0.5) is 4.39 Å². The highest BCUT2D eigenvalue weighted by molar-refractivity contribution is 5.38. The van der Waals surface area contributed by atoms with Crippen LogP contribution in [0.25, 0.3) is 0 Å². The van der Waals surface area contributed by atoms with Gasteiger partial charge in [0.25, 0.3) is 0 Å². The molecular weight excluding hydrogens is 267 g/mol. The molecular formula is C17H21FN2O. The van der Waals surface area contributed by atoms with Crippen molar-refractivity contribution in [3.8, 4) is 5.75 Å². The molecule has 0 bridgehead atoms. The summed E-state index contributed by atoms with van der Waals surface area (Å²) in [6.07, 6.45) is 4.52. The molecule has 1 aromatic carbocycles. The van der Waals surface area contributed by atoms with Crippen molar-refractivity contribution < 1.29 is 9.13 Å². The third-order valence-electron chi connectivity index (χ3n) is 3.44. The topological polar surface area (TPSA) is 34.2 Å². The van der Waals surface area contributed by atoms with E-state index in [0.717, 1.165) is 35.4 Å². The first-order valence-corrected chi connectivity index (χ1v) is 7.14. The van der Waals surface area contributed by atoms with Gasteiger partial charge in [-0.25, -0.2) is 4.39 Å². The number of halogens is 1. The third kappa shape index (κ3) is 3.79. The number of methoxy groups -OCH3 is 1. The monoisotopic (exact) mass is 288 g/mol. The van der Waals surface area contributed by atoms with Crippen LogP contribution in [0.3, 0.4) is 0 Å². The Morgan fingerprint density at radius 2 is 2.10 bits per heavy atom. The molecule has 0 fully saturated rings. The summed E-state index contributed by atoms with van der Waals surface area (Å²) in [7, 11) is 1.62. The van der Waals surface area contributed by atoms with Crippen molar-refractivity contribution in [2.45, 2.75) is 26.3 Å². The van der Waals surface area contributed by atoms with Gasteiger partial charge >= 0.3 is 0 Å². The summed E-state index contributed by atoms with van der Waals surface area (Å²) in [6, 6.07) is 6.83. The maximum atomic E-state index is 13.3. The molecule has 2 aromatic rings. The average Bonchev–Trinajstić information content (AvgIpc) is 2.49. The van der Waals surface area contributed by atoms with Crippen LogP contribution in [0.2, 0.25) is 0 Å². The highest BCUT2D eigenvalue weighted by Gasteiger charge is 2.17. The Morgan fingerprint density at radius 3 is 2.76 bits per heavy atom. The molecule has 1 aromatic heterocycles. The quantitative estimate of drug-likeness (QED) is 0.881. The molecule has 1 N–H and O–H groups in total. The maximum Gasteiger partial charge on any atom is 0.137 e. The number of hydrogen-bond acceptors (Lipinski definition) is 3. The van der Waals surface area contributed by atoms with E-state index in [2.05, 4.69) is 17.2 Å². The fourth-order valence-corrected chi connectivity index (χ4v) is 2.36. The summed E-state index contributed by atoms with van der Waals surface area (Å²) in [5.41, 5.74) is 2.99. The summed E-state index contributed by atoms with van der Waals surface area (Å²) < 4.78 is 18.6. The molecule has 2 rings (SSSR count). The van der Waals surface area contributed by atoms with Crippen LogP contribution in [-0.2, 0) is 0 Å². The molecule has 4 heteroatoms. The largest absolute Gasteiger partial charge is 0.495 e. The van der Waals surface area contributed by atoms with E-state index in [1.165, 1.54) is 6.07 Å². The van der Waals surface area contributed by atoms with E-state index in [1.54, 1.807) is 19.4 Å². The number of nitrogens with one attached hydrogen (secondary N) is 1. The lowest BCUT2D eigenvalue weighted by Crippen LogP contribution is -2.24. The predicted molar refractivity (Wildman–Crippen MR) is 82.1 cm³/mol. The minimum absolute atomic E-state index is 0.0202. The van der Waals surface area contributed by atoms with Gasteiger partial charge in [0.15, 0.2) is 0 Å². The summed E-state index contributed by atoms with van der Waals surface area (Å²) >= 11 is 0. The fraction of sp³-hybridized carbons (Fsp3) is 0.353. The molecule has 0 amide bonds. The Hall–Kier alpha value is -1.94. The Balaban J connectivity index is 2.41. The van der Waals surface area contributed by atoms with E-state index in [0.29, 0.717) is 0 Å². The van der Waals surface area contributed by atoms with E-state index < -0.39 is 0 Å². The van der Waals surface area contributed by atoms with E-state index in [1.807, 2.05) is 25.3 Å². The van der Waals surface area contributed by atoms with E-state index >= 15 is 0 Å². The first-order chi connectivity index (χ1) is 10.2. The number of benzene rings is 1. The van der Waals surface area contributed by atoms with Gasteiger partial charge in [0.05, 0.1) is 19.3 Å². The minimum Gasteiger partial charge on any atom is -0.495 e. The van der Waals surface area contributed by atoms with Gasteiger partial charge in [-0.1, -0.05) is 13.0 Å². The number of nitrogens with zero attached hydrogens (tertiary/aromatic N) is 1. The Kier molecular flexibility index (Phi) is 5.28. The minimum atomic E-state index is -0.214. The molecule has 1 atom stereocenters. The van der Waals surface area contributed by atoms with Gasteiger partial charge in [-0.05, 0) is 54.8 Å². The standard InChI is InChI=1S/C17H21FN2O/c1-4-7-20-17(13-9-15(21-3)11-19-10-13)16-6-5-14(18)8-12(16)2/h5-6,8-11,17,20H,4,7H2,1-3H3. The Morgan fingerprint density at radius 1 is 1.29 bits per heavy atom. The smallest absolute Gasteiger partial charge is 0.137 e. The van der Waals surface area contributed by atoms with E-state index in [4.69, 9.17) is 4.74 Å². The van der Waals surface area contributed by atoms with Gasteiger partial charge in [-0.3, -0.25) is 4.98 Å². The van der Waals surface area contributed by atoms with Crippen LogP contribution < -0.4 is 10.1 Å². The lowest BCUT2D eigenvalue weighted by atomic mass is 9.95. The molecule has 0 aliphatic heterocycles. The zero-order chi connectivity index (χ0) is 15.2. The van der Waals surface area contributed by atoms with Gasteiger partial charge in [-0.2, -0.15) is 0 Å². The van der Waals surface area contributed by atoms with Crippen LogP contribution in [0, 0.1) is 12.7 Å². The van der Waals surface area contributed by atoms with Crippen molar-refractivity contribution in [1.29, 1.82) is 0 Å². The molecule has 0 saturated heterocycles. The highest BCUT2D eigenvalue weighted by atomic mass is 19.1. The van der Waals surface area contributed by atoms with Crippen LogP contribution in [-0.4, -0.2) is 18.6 Å². The molecule has 0 saturated carbocycles. The second-order valence-electron chi connectivity index (χ2n) is 5.05. The highest BCUT2D eigenvalue weighted by Crippen LogP contribution is 2.27. The first-order valence-electron chi connectivity index (χ1n) is 7.14. The van der Waals surface area contributed by atoms with E-state index in [-0.39, 0.29) is 11.9 Å². The second-order valence-corrected chi connectivity index (χ2v) is 5.05. The summed E-state index contributed by atoms with van der Waals surface area (Å²) in [5, 5.41) is 3.50. The molecule has 1 heterocycles. The fourth-order valence-electron chi connectivity index (χ4n) is 2.36. The maximum absolute atomic E-state index is 13.3. The molecule has 0 spiro atoms. The van der Waals surface area contributed by atoms with Crippen LogP contribution in [0.15, 0.2) is 36.7 Å². The van der Waals surface area contributed by atoms with Gasteiger partial charge in [-0.15, -0.1) is 0 Å². The molecule has 0 radical (unpaired) electrons.